The average Bonchev–Trinajstić information content (AvgIpc) is 2.34. The normalized spacial score (nSPS) is 19.9. The van der Waals surface area contributed by atoms with Gasteiger partial charge in [-0.3, -0.25) is 4.79 Å². The molecule has 1 atom stereocenters. The number of hydrogen-bond donors (Lipinski definition) is 2. The van der Waals surface area contributed by atoms with Crippen LogP contribution in [0.1, 0.15) is 12.8 Å². The predicted octanol–water partition coefficient (Wildman–Crippen LogP) is 2.40. The molecule has 1 aromatic rings. The van der Waals surface area contributed by atoms with Crippen LogP contribution in [-0.4, -0.2) is 19.1 Å². The zero-order chi connectivity index (χ0) is 12.3. The van der Waals surface area contributed by atoms with Crippen LogP contribution in [0.2, 0.25) is 0 Å². The molecule has 0 spiro atoms. The highest BCUT2D eigenvalue weighted by molar-refractivity contribution is 9.10. The van der Waals surface area contributed by atoms with Crippen LogP contribution in [0.15, 0.2) is 22.7 Å². The molecule has 0 aromatic heterocycles. The number of benzene rings is 1. The lowest BCUT2D eigenvalue weighted by molar-refractivity contribution is -0.123. The zero-order valence-corrected chi connectivity index (χ0v) is 11.0. The lowest BCUT2D eigenvalue weighted by Gasteiger charge is -2.21. The Bertz CT molecular complexity index is 417. The van der Waals surface area contributed by atoms with E-state index in [1.54, 1.807) is 12.1 Å². The van der Waals surface area contributed by atoms with Gasteiger partial charge >= 0.3 is 0 Å². The predicted molar refractivity (Wildman–Crippen MR) is 70.7 cm³/mol. The van der Waals surface area contributed by atoms with Crippen molar-refractivity contribution in [3.8, 4) is 0 Å². The van der Waals surface area contributed by atoms with Gasteiger partial charge in [-0.2, -0.15) is 0 Å². The van der Waals surface area contributed by atoms with Crippen LogP contribution >= 0.6 is 15.9 Å². The van der Waals surface area contributed by atoms with E-state index in [1.165, 1.54) is 0 Å². The summed E-state index contributed by atoms with van der Waals surface area (Å²) in [5.74, 6) is -0.0782. The summed E-state index contributed by atoms with van der Waals surface area (Å²) in [4.78, 5) is 11.9. The van der Waals surface area contributed by atoms with Gasteiger partial charge in [0.2, 0.25) is 5.91 Å². The Morgan fingerprint density at radius 3 is 3.00 bits per heavy atom. The van der Waals surface area contributed by atoms with E-state index in [2.05, 4.69) is 21.2 Å². The molecule has 1 aliphatic rings. The molecular formula is C12H15BrN2O2. The molecule has 0 aliphatic carbocycles. The number of nitrogens with one attached hydrogen (secondary N) is 1. The second-order valence-electron chi connectivity index (χ2n) is 4.13. The van der Waals surface area contributed by atoms with Crippen LogP contribution in [0.25, 0.3) is 0 Å². The number of rotatable bonds is 2. The summed E-state index contributed by atoms with van der Waals surface area (Å²) < 4.78 is 6.19. The van der Waals surface area contributed by atoms with E-state index in [0.29, 0.717) is 18.0 Å². The third kappa shape index (κ3) is 3.20. The largest absolute Gasteiger partial charge is 0.397 e. The van der Waals surface area contributed by atoms with Crippen molar-refractivity contribution in [1.82, 2.24) is 0 Å². The van der Waals surface area contributed by atoms with Crippen LogP contribution in [0.4, 0.5) is 11.4 Å². The number of hydrogen-bond acceptors (Lipinski definition) is 3. The number of carbonyl (C=O) groups is 1. The van der Waals surface area contributed by atoms with E-state index in [4.69, 9.17) is 10.5 Å². The number of carbonyl (C=O) groups excluding carboxylic acids is 1. The second kappa shape index (κ2) is 5.51. The number of halogens is 1. The first-order chi connectivity index (χ1) is 8.16. The van der Waals surface area contributed by atoms with E-state index in [0.717, 1.165) is 23.9 Å². The minimum atomic E-state index is -0.0632. The Morgan fingerprint density at radius 2 is 2.35 bits per heavy atom. The van der Waals surface area contributed by atoms with Crippen molar-refractivity contribution < 1.29 is 9.53 Å². The fourth-order valence-corrected chi connectivity index (χ4v) is 2.21. The molecule has 0 radical (unpaired) electrons. The highest BCUT2D eigenvalue weighted by Crippen LogP contribution is 2.24. The lowest BCUT2D eigenvalue weighted by Crippen LogP contribution is -2.30. The van der Waals surface area contributed by atoms with Crippen molar-refractivity contribution in [2.45, 2.75) is 12.8 Å². The summed E-state index contributed by atoms with van der Waals surface area (Å²) >= 11 is 3.33. The summed E-state index contributed by atoms with van der Waals surface area (Å²) in [5.41, 5.74) is 7.04. The third-order valence-electron chi connectivity index (χ3n) is 2.80. The van der Waals surface area contributed by atoms with E-state index >= 15 is 0 Å². The first-order valence-electron chi connectivity index (χ1n) is 5.60. The molecule has 1 heterocycles. The van der Waals surface area contributed by atoms with Crippen LogP contribution in [0.3, 0.4) is 0 Å². The Hall–Kier alpha value is -1.07. The molecule has 5 heteroatoms. The molecule has 1 unspecified atom stereocenters. The maximum Gasteiger partial charge on any atom is 0.229 e. The molecule has 1 aliphatic heterocycles. The SMILES string of the molecule is Nc1cc(Br)ccc1NC(=O)C1CCCOC1. The number of nitrogens with two attached hydrogens (primary N) is 1. The van der Waals surface area contributed by atoms with E-state index in [1.807, 2.05) is 6.07 Å². The maximum absolute atomic E-state index is 11.9. The van der Waals surface area contributed by atoms with Gasteiger partial charge in [0.1, 0.15) is 0 Å². The van der Waals surface area contributed by atoms with Gasteiger partial charge in [-0.25, -0.2) is 0 Å². The van der Waals surface area contributed by atoms with Gasteiger partial charge in [-0.05, 0) is 31.0 Å². The molecule has 92 valence electrons. The standard InChI is InChI=1S/C12H15BrN2O2/c13-9-3-4-11(10(14)6-9)15-12(16)8-2-1-5-17-7-8/h3-4,6,8H,1-2,5,7,14H2,(H,15,16). The van der Waals surface area contributed by atoms with Gasteiger partial charge < -0.3 is 15.8 Å². The maximum atomic E-state index is 11.9. The molecule has 17 heavy (non-hydrogen) atoms. The van der Waals surface area contributed by atoms with Crippen molar-refractivity contribution in [3.05, 3.63) is 22.7 Å². The van der Waals surface area contributed by atoms with Gasteiger partial charge in [0, 0.05) is 11.1 Å². The van der Waals surface area contributed by atoms with Crippen LogP contribution in [-0.2, 0) is 9.53 Å². The van der Waals surface area contributed by atoms with Gasteiger partial charge in [0.25, 0.3) is 0 Å². The molecule has 2 rings (SSSR count). The molecule has 1 aromatic carbocycles. The first kappa shape index (κ1) is 12.4. The number of anilines is 2. The molecule has 1 saturated heterocycles. The van der Waals surface area contributed by atoms with Gasteiger partial charge in [-0.15, -0.1) is 0 Å². The third-order valence-corrected chi connectivity index (χ3v) is 3.30. The first-order valence-corrected chi connectivity index (χ1v) is 6.40. The number of ether oxygens (including phenoxy) is 1. The van der Waals surface area contributed by atoms with Crippen molar-refractivity contribution in [2.75, 3.05) is 24.3 Å². The number of nitrogen functional groups attached to an aromatic ring is 1. The summed E-state index contributed by atoms with van der Waals surface area (Å²) in [7, 11) is 0. The van der Waals surface area contributed by atoms with Crippen molar-refractivity contribution >= 4 is 33.2 Å². The van der Waals surface area contributed by atoms with Gasteiger partial charge in [0.05, 0.1) is 23.9 Å². The molecular weight excluding hydrogens is 284 g/mol. The highest BCUT2D eigenvalue weighted by atomic mass is 79.9. The van der Waals surface area contributed by atoms with Crippen molar-refractivity contribution in [1.29, 1.82) is 0 Å². The Labute approximate surface area is 109 Å². The van der Waals surface area contributed by atoms with Gasteiger partial charge in [0.15, 0.2) is 0 Å². The fourth-order valence-electron chi connectivity index (χ4n) is 1.83. The van der Waals surface area contributed by atoms with E-state index < -0.39 is 0 Å². The molecule has 4 nitrogen and oxygen atoms in total. The second-order valence-corrected chi connectivity index (χ2v) is 5.05. The summed E-state index contributed by atoms with van der Waals surface area (Å²) in [6.45, 7) is 1.26. The fraction of sp³-hybridized carbons (Fsp3) is 0.417. The van der Waals surface area contributed by atoms with Crippen LogP contribution in [0, 0.1) is 5.92 Å². The Morgan fingerprint density at radius 1 is 1.53 bits per heavy atom. The van der Waals surface area contributed by atoms with Crippen LogP contribution < -0.4 is 11.1 Å². The van der Waals surface area contributed by atoms with E-state index in [9.17, 15) is 4.79 Å². The Balaban J connectivity index is 2.02. The Kier molecular flexibility index (Phi) is 4.02. The monoisotopic (exact) mass is 298 g/mol. The number of amides is 1. The quantitative estimate of drug-likeness (QED) is 0.824. The zero-order valence-electron chi connectivity index (χ0n) is 9.41. The van der Waals surface area contributed by atoms with Crippen LogP contribution in [0.5, 0.6) is 0 Å². The summed E-state index contributed by atoms with van der Waals surface area (Å²) in [6, 6.07) is 5.41. The highest BCUT2D eigenvalue weighted by Gasteiger charge is 2.22. The molecule has 3 N–H and O–H groups in total. The topological polar surface area (TPSA) is 64.3 Å². The minimum Gasteiger partial charge on any atom is -0.397 e. The molecule has 0 saturated carbocycles. The van der Waals surface area contributed by atoms with E-state index in [-0.39, 0.29) is 11.8 Å². The molecule has 0 bridgehead atoms. The van der Waals surface area contributed by atoms with Crippen molar-refractivity contribution in [3.63, 3.8) is 0 Å². The molecule has 1 amide bonds. The van der Waals surface area contributed by atoms with Gasteiger partial charge in [-0.1, -0.05) is 15.9 Å². The summed E-state index contributed by atoms with van der Waals surface area (Å²) in [6.07, 6.45) is 1.82. The lowest BCUT2D eigenvalue weighted by atomic mass is 10.0. The minimum absolute atomic E-state index is 0.0151. The van der Waals surface area contributed by atoms with Crippen molar-refractivity contribution in [2.24, 2.45) is 5.92 Å². The summed E-state index contributed by atoms with van der Waals surface area (Å²) in [5, 5.41) is 2.84. The smallest absolute Gasteiger partial charge is 0.229 e. The average molecular weight is 299 g/mol. The molecule has 1 fully saturated rings.